The van der Waals surface area contributed by atoms with Crippen LogP contribution in [0.5, 0.6) is 0 Å². The monoisotopic (exact) mass is 153 g/mol. The smallest absolute Gasteiger partial charge is 0.183 e. The minimum Gasteiger partial charge on any atom is -0.870 e. The van der Waals surface area contributed by atoms with Crippen LogP contribution in [0.3, 0.4) is 0 Å². The van der Waals surface area contributed by atoms with Gasteiger partial charge in [-0.3, -0.25) is 4.48 Å². The maximum absolute atomic E-state index is 8.63. The quantitative estimate of drug-likeness (QED) is 0.338. The zero-order valence-electron chi connectivity index (χ0n) is 6.06. The molecule has 0 rings (SSSR count). The summed E-state index contributed by atoms with van der Waals surface area (Å²) in [6.07, 6.45) is 0. The van der Waals surface area contributed by atoms with Gasteiger partial charge in [0.05, 0.1) is 6.54 Å². The predicted octanol–water partition coefficient (Wildman–Crippen LogP) is -1.50. The molecule has 0 aliphatic heterocycles. The summed E-state index contributed by atoms with van der Waals surface area (Å²) < 4.78 is -0.0556. The third-order valence-electron chi connectivity index (χ3n) is 1.57. The van der Waals surface area contributed by atoms with E-state index >= 15 is 0 Å². The van der Waals surface area contributed by atoms with Gasteiger partial charge in [-0.2, -0.15) is 0 Å². The number of nitrogens with zero attached hydrogens (tertiary/aromatic N) is 1. The van der Waals surface area contributed by atoms with Gasteiger partial charge >= 0.3 is 0 Å². The summed E-state index contributed by atoms with van der Waals surface area (Å²) in [5.74, 6) is 0. The molecule has 4 N–H and O–H groups in total. The number of hydrogen-bond donors (Lipinski definition) is 3. The normalized spacial score (nSPS) is 10.8. The van der Waals surface area contributed by atoms with Crippen molar-refractivity contribution >= 4 is 0 Å². The van der Waals surface area contributed by atoms with Crippen molar-refractivity contribution in [1.29, 1.82) is 0 Å². The molecule has 0 atom stereocenters. The van der Waals surface area contributed by atoms with Crippen LogP contribution in [0, 0.1) is 0 Å². The second kappa shape index (κ2) is 5.57. The van der Waals surface area contributed by atoms with Gasteiger partial charge < -0.3 is 20.8 Å². The Balaban J connectivity index is 0. The van der Waals surface area contributed by atoms with Crippen LogP contribution >= 0.6 is 0 Å². The Morgan fingerprint density at radius 3 is 1.30 bits per heavy atom. The molecule has 64 valence electrons. The van der Waals surface area contributed by atoms with Gasteiger partial charge in [-0.05, 0) is 6.92 Å². The second-order valence-electron chi connectivity index (χ2n) is 2.08. The highest BCUT2D eigenvalue weighted by atomic mass is 16.3. The zero-order valence-corrected chi connectivity index (χ0v) is 6.06. The number of quaternary nitrogens is 1. The number of hydrogen-bond acceptors (Lipinski definition) is 4. The minimum absolute atomic E-state index is 0. The minimum atomic E-state index is -0.219. The molecule has 0 bridgehead atoms. The third kappa shape index (κ3) is 2.59. The fraction of sp³-hybridized carbons (Fsp3) is 1.00. The highest BCUT2D eigenvalue weighted by Gasteiger charge is 2.20. The van der Waals surface area contributed by atoms with Gasteiger partial charge in [0, 0.05) is 0 Å². The van der Waals surface area contributed by atoms with Crippen molar-refractivity contribution in [1.82, 2.24) is 0 Å². The maximum Gasteiger partial charge on any atom is 0.183 e. The molecular weight excluding hydrogens is 138 g/mol. The molecule has 5 heteroatoms. The van der Waals surface area contributed by atoms with Crippen molar-refractivity contribution in [3.8, 4) is 0 Å². The Morgan fingerprint density at radius 2 is 1.30 bits per heavy atom. The largest absolute Gasteiger partial charge is 0.870 e. The average Bonchev–Trinajstić information content (AvgIpc) is 1.95. The van der Waals surface area contributed by atoms with Crippen molar-refractivity contribution in [2.24, 2.45) is 0 Å². The van der Waals surface area contributed by atoms with Gasteiger partial charge in [-0.25, -0.2) is 0 Å². The fourth-order valence-electron chi connectivity index (χ4n) is 0.434. The van der Waals surface area contributed by atoms with Crippen LogP contribution in [0.15, 0.2) is 0 Å². The Morgan fingerprint density at radius 1 is 1.00 bits per heavy atom. The molecule has 0 amide bonds. The lowest BCUT2D eigenvalue weighted by molar-refractivity contribution is -0.975. The first-order valence-electron chi connectivity index (χ1n) is 2.92. The van der Waals surface area contributed by atoms with E-state index in [1.165, 1.54) is 0 Å². The van der Waals surface area contributed by atoms with Gasteiger partial charge in [0.25, 0.3) is 0 Å². The first kappa shape index (κ1) is 12.5. The SMILES string of the molecule is CC[N+](CO)(CO)CO.[OH-]. The molecule has 0 fully saturated rings. The van der Waals surface area contributed by atoms with E-state index in [0.717, 1.165) is 0 Å². The highest BCUT2D eigenvalue weighted by Crippen LogP contribution is 1.99. The lowest BCUT2D eigenvalue weighted by Gasteiger charge is -2.30. The Bertz CT molecular complexity index is 56.5. The summed E-state index contributed by atoms with van der Waals surface area (Å²) in [6, 6.07) is 0. The Kier molecular flexibility index (Phi) is 6.95. The van der Waals surface area contributed by atoms with Crippen LogP contribution in [0.1, 0.15) is 6.92 Å². The van der Waals surface area contributed by atoms with Crippen molar-refractivity contribution in [2.45, 2.75) is 6.92 Å². The topological polar surface area (TPSA) is 90.7 Å². The van der Waals surface area contributed by atoms with Crippen molar-refractivity contribution in [3.05, 3.63) is 0 Å². The molecule has 0 aliphatic carbocycles. The fourth-order valence-corrected chi connectivity index (χ4v) is 0.434. The van der Waals surface area contributed by atoms with Crippen LogP contribution in [-0.2, 0) is 0 Å². The van der Waals surface area contributed by atoms with E-state index in [1.807, 2.05) is 0 Å². The Hall–Kier alpha value is -0.200. The molecule has 0 saturated carbocycles. The summed E-state index contributed by atoms with van der Waals surface area (Å²) in [5.41, 5.74) is 0. The van der Waals surface area contributed by atoms with E-state index in [-0.39, 0.29) is 30.2 Å². The van der Waals surface area contributed by atoms with Crippen LogP contribution in [0.4, 0.5) is 0 Å². The third-order valence-corrected chi connectivity index (χ3v) is 1.57. The lowest BCUT2D eigenvalue weighted by atomic mass is 10.5. The average molecular weight is 153 g/mol. The molecular formula is C5H15NO4. The molecule has 10 heavy (non-hydrogen) atoms. The summed E-state index contributed by atoms with van der Waals surface area (Å²) in [4.78, 5) is 0. The van der Waals surface area contributed by atoms with E-state index in [1.54, 1.807) is 6.92 Å². The lowest BCUT2D eigenvalue weighted by Crippen LogP contribution is -2.49. The van der Waals surface area contributed by atoms with E-state index in [0.29, 0.717) is 6.54 Å². The molecule has 0 aromatic rings. The molecule has 0 heterocycles. The maximum atomic E-state index is 8.63. The summed E-state index contributed by atoms with van der Waals surface area (Å²) >= 11 is 0. The number of aliphatic hydroxyl groups excluding tert-OH is 3. The van der Waals surface area contributed by atoms with E-state index in [9.17, 15) is 0 Å². The predicted molar refractivity (Wildman–Crippen MR) is 34.0 cm³/mol. The van der Waals surface area contributed by atoms with Crippen LogP contribution in [0.25, 0.3) is 0 Å². The first-order valence-corrected chi connectivity index (χ1v) is 2.92. The molecule has 0 aliphatic rings. The molecule has 0 aromatic heterocycles. The summed E-state index contributed by atoms with van der Waals surface area (Å²) in [7, 11) is 0. The molecule has 0 radical (unpaired) electrons. The molecule has 0 aromatic carbocycles. The van der Waals surface area contributed by atoms with Gasteiger partial charge in [0.15, 0.2) is 20.2 Å². The standard InChI is InChI=1S/C5H14NO3.H2O/c1-2-6(3-7,4-8)5-9;/h7-9H,2-5H2,1H3;1H2/q+1;/p-1. The second-order valence-corrected chi connectivity index (χ2v) is 2.08. The summed E-state index contributed by atoms with van der Waals surface area (Å²) in [6.45, 7) is 1.67. The van der Waals surface area contributed by atoms with E-state index < -0.39 is 0 Å². The molecule has 0 saturated heterocycles. The first-order chi connectivity index (χ1) is 4.24. The van der Waals surface area contributed by atoms with E-state index in [4.69, 9.17) is 15.3 Å². The van der Waals surface area contributed by atoms with Gasteiger partial charge in [-0.1, -0.05) is 0 Å². The highest BCUT2D eigenvalue weighted by molar-refractivity contribution is 4.17. The Labute approximate surface area is 60.0 Å². The molecule has 0 spiro atoms. The van der Waals surface area contributed by atoms with Crippen LogP contribution < -0.4 is 0 Å². The van der Waals surface area contributed by atoms with Gasteiger partial charge in [0.2, 0.25) is 0 Å². The van der Waals surface area contributed by atoms with Gasteiger partial charge in [-0.15, -0.1) is 0 Å². The van der Waals surface area contributed by atoms with E-state index in [2.05, 4.69) is 0 Å². The van der Waals surface area contributed by atoms with Crippen LogP contribution in [-0.4, -0.2) is 52.0 Å². The molecule has 0 unspecified atom stereocenters. The van der Waals surface area contributed by atoms with Crippen molar-refractivity contribution in [2.75, 3.05) is 26.7 Å². The summed E-state index contributed by atoms with van der Waals surface area (Å²) in [5, 5.41) is 25.9. The number of rotatable bonds is 4. The van der Waals surface area contributed by atoms with Crippen molar-refractivity contribution in [3.63, 3.8) is 0 Å². The van der Waals surface area contributed by atoms with Gasteiger partial charge in [0.1, 0.15) is 0 Å². The number of aliphatic hydroxyl groups is 3. The van der Waals surface area contributed by atoms with Crippen LogP contribution in [0.2, 0.25) is 0 Å². The molecule has 5 nitrogen and oxygen atoms in total. The van der Waals surface area contributed by atoms with Crippen molar-refractivity contribution < 1.29 is 25.3 Å². The zero-order chi connectivity index (χ0) is 7.33.